The molecule has 0 aliphatic carbocycles. The standard InChI is InChI=1S/C15H9BrN2/c1-17-13-6-4-11(5-7-13)12-9-15-14(16)3-2-8-18(15)10-12/h2-10H. The summed E-state index contributed by atoms with van der Waals surface area (Å²) < 4.78 is 3.16. The van der Waals surface area contributed by atoms with Gasteiger partial charge in [0.05, 0.1) is 12.1 Å². The first-order valence-electron chi connectivity index (χ1n) is 5.52. The Labute approximate surface area is 113 Å². The van der Waals surface area contributed by atoms with Gasteiger partial charge in [0.1, 0.15) is 0 Å². The highest BCUT2D eigenvalue weighted by Crippen LogP contribution is 2.28. The van der Waals surface area contributed by atoms with Crippen LogP contribution in [-0.4, -0.2) is 4.40 Å². The molecule has 0 saturated carbocycles. The molecule has 0 atom stereocenters. The fourth-order valence-corrected chi connectivity index (χ4v) is 2.46. The first-order chi connectivity index (χ1) is 8.78. The van der Waals surface area contributed by atoms with Crippen LogP contribution in [0.3, 0.4) is 0 Å². The van der Waals surface area contributed by atoms with Crippen molar-refractivity contribution in [3.63, 3.8) is 0 Å². The molecule has 3 heteroatoms. The monoisotopic (exact) mass is 296 g/mol. The van der Waals surface area contributed by atoms with Gasteiger partial charge in [-0.2, -0.15) is 0 Å². The van der Waals surface area contributed by atoms with Crippen LogP contribution in [0.1, 0.15) is 0 Å². The molecule has 0 spiro atoms. The van der Waals surface area contributed by atoms with Crippen molar-refractivity contribution in [2.24, 2.45) is 0 Å². The molecule has 0 radical (unpaired) electrons. The van der Waals surface area contributed by atoms with Crippen LogP contribution in [-0.2, 0) is 0 Å². The lowest BCUT2D eigenvalue weighted by molar-refractivity contribution is 1.19. The summed E-state index contributed by atoms with van der Waals surface area (Å²) in [6, 6.07) is 13.8. The summed E-state index contributed by atoms with van der Waals surface area (Å²) in [6.45, 7) is 6.95. The average molecular weight is 297 g/mol. The van der Waals surface area contributed by atoms with E-state index in [4.69, 9.17) is 6.57 Å². The van der Waals surface area contributed by atoms with E-state index in [1.54, 1.807) is 0 Å². The van der Waals surface area contributed by atoms with E-state index >= 15 is 0 Å². The van der Waals surface area contributed by atoms with Crippen LogP contribution in [0, 0.1) is 6.57 Å². The van der Waals surface area contributed by atoms with Gasteiger partial charge in [-0.3, -0.25) is 0 Å². The predicted octanol–water partition coefficient (Wildman–Crippen LogP) is 4.92. The molecule has 2 nitrogen and oxygen atoms in total. The van der Waals surface area contributed by atoms with Crippen LogP contribution in [0.2, 0.25) is 0 Å². The number of fused-ring (bicyclic) bond motifs is 1. The lowest BCUT2D eigenvalue weighted by atomic mass is 10.1. The molecule has 0 fully saturated rings. The Morgan fingerprint density at radius 3 is 2.50 bits per heavy atom. The summed E-state index contributed by atoms with van der Waals surface area (Å²) >= 11 is 3.54. The number of pyridine rings is 1. The Kier molecular flexibility index (Phi) is 2.66. The highest BCUT2D eigenvalue weighted by molar-refractivity contribution is 9.10. The van der Waals surface area contributed by atoms with Crippen molar-refractivity contribution in [2.45, 2.75) is 0 Å². The van der Waals surface area contributed by atoms with E-state index < -0.39 is 0 Å². The van der Waals surface area contributed by atoms with Crippen LogP contribution < -0.4 is 0 Å². The summed E-state index contributed by atoms with van der Waals surface area (Å²) in [4.78, 5) is 3.40. The van der Waals surface area contributed by atoms with Crippen LogP contribution in [0.15, 0.2) is 59.3 Å². The molecule has 0 N–H and O–H groups in total. The van der Waals surface area contributed by atoms with Crippen molar-refractivity contribution in [2.75, 3.05) is 0 Å². The molecule has 18 heavy (non-hydrogen) atoms. The first-order valence-corrected chi connectivity index (χ1v) is 6.31. The highest BCUT2D eigenvalue weighted by atomic mass is 79.9. The van der Waals surface area contributed by atoms with Crippen molar-refractivity contribution in [1.82, 2.24) is 4.40 Å². The van der Waals surface area contributed by atoms with Crippen LogP contribution in [0.4, 0.5) is 5.69 Å². The number of rotatable bonds is 1. The third-order valence-electron chi connectivity index (χ3n) is 2.91. The second-order valence-corrected chi connectivity index (χ2v) is 4.89. The number of aromatic nitrogens is 1. The zero-order valence-corrected chi connectivity index (χ0v) is 11.1. The zero-order valence-electron chi connectivity index (χ0n) is 9.47. The normalized spacial score (nSPS) is 10.4. The van der Waals surface area contributed by atoms with E-state index in [0.717, 1.165) is 21.1 Å². The largest absolute Gasteiger partial charge is 0.322 e. The van der Waals surface area contributed by atoms with Gasteiger partial charge in [0.25, 0.3) is 0 Å². The highest BCUT2D eigenvalue weighted by Gasteiger charge is 2.04. The number of hydrogen-bond acceptors (Lipinski definition) is 0. The number of nitrogens with zero attached hydrogens (tertiary/aromatic N) is 2. The summed E-state index contributed by atoms with van der Waals surface area (Å²) in [7, 11) is 0. The molecular weight excluding hydrogens is 288 g/mol. The zero-order chi connectivity index (χ0) is 12.5. The Morgan fingerprint density at radius 2 is 1.83 bits per heavy atom. The summed E-state index contributed by atoms with van der Waals surface area (Å²) in [5.74, 6) is 0. The Bertz CT molecular complexity index is 748. The maximum Gasteiger partial charge on any atom is 0.187 e. The quantitative estimate of drug-likeness (QED) is 0.564. The molecule has 0 aliphatic heterocycles. The second kappa shape index (κ2) is 4.32. The van der Waals surface area contributed by atoms with E-state index in [0.29, 0.717) is 5.69 Å². The summed E-state index contributed by atoms with van der Waals surface area (Å²) in [6.07, 6.45) is 4.12. The number of benzene rings is 1. The number of halogens is 1. The van der Waals surface area contributed by atoms with E-state index in [9.17, 15) is 0 Å². The lowest BCUT2D eigenvalue weighted by Gasteiger charge is -1.96. The summed E-state index contributed by atoms with van der Waals surface area (Å²) in [5.41, 5.74) is 4.09. The molecule has 0 unspecified atom stereocenters. The smallest absolute Gasteiger partial charge is 0.187 e. The van der Waals surface area contributed by atoms with Gasteiger partial charge in [-0.1, -0.05) is 24.3 Å². The van der Waals surface area contributed by atoms with Gasteiger partial charge in [-0.15, -0.1) is 0 Å². The Balaban J connectivity index is 2.14. The molecule has 3 rings (SSSR count). The SMILES string of the molecule is [C-]#[N+]c1ccc(-c2cc3c(Br)cccn3c2)cc1. The maximum atomic E-state index is 6.95. The molecule has 1 aromatic carbocycles. The molecule has 3 aromatic rings. The summed E-state index contributed by atoms with van der Waals surface area (Å²) in [5, 5.41) is 0. The first kappa shape index (κ1) is 11.1. The molecule has 2 heterocycles. The third-order valence-corrected chi connectivity index (χ3v) is 3.58. The van der Waals surface area contributed by atoms with Crippen molar-refractivity contribution >= 4 is 27.1 Å². The van der Waals surface area contributed by atoms with Gasteiger partial charge in [-0.25, -0.2) is 4.85 Å². The van der Waals surface area contributed by atoms with E-state index in [-0.39, 0.29) is 0 Å². The van der Waals surface area contributed by atoms with Gasteiger partial charge in [0.2, 0.25) is 0 Å². The molecule has 0 bridgehead atoms. The maximum absolute atomic E-state index is 6.95. The van der Waals surface area contributed by atoms with Gasteiger partial charge in [-0.05, 0) is 39.7 Å². The van der Waals surface area contributed by atoms with Crippen LogP contribution >= 0.6 is 15.9 Å². The fourth-order valence-electron chi connectivity index (χ4n) is 1.99. The van der Waals surface area contributed by atoms with E-state index in [1.807, 2.05) is 42.6 Å². The average Bonchev–Trinajstić information content (AvgIpc) is 2.84. The van der Waals surface area contributed by atoms with Crippen LogP contribution in [0.5, 0.6) is 0 Å². The minimum Gasteiger partial charge on any atom is -0.322 e. The van der Waals surface area contributed by atoms with Crippen molar-refractivity contribution < 1.29 is 0 Å². The van der Waals surface area contributed by atoms with Gasteiger partial charge >= 0.3 is 0 Å². The third kappa shape index (κ3) is 1.81. The van der Waals surface area contributed by atoms with Crippen molar-refractivity contribution in [3.05, 3.63) is 70.7 Å². The van der Waals surface area contributed by atoms with E-state index in [2.05, 4.69) is 37.4 Å². The Hall–Kier alpha value is -2.05. The predicted molar refractivity (Wildman–Crippen MR) is 76.8 cm³/mol. The van der Waals surface area contributed by atoms with E-state index in [1.165, 1.54) is 0 Å². The van der Waals surface area contributed by atoms with Crippen molar-refractivity contribution in [1.29, 1.82) is 0 Å². The molecule has 0 amide bonds. The van der Waals surface area contributed by atoms with Crippen LogP contribution in [0.25, 0.3) is 21.5 Å². The Morgan fingerprint density at radius 1 is 1.06 bits per heavy atom. The molecular formula is C15H9BrN2. The molecule has 86 valence electrons. The molecule has 0 aliphatic rings. The topological polar surface area (TPSA) is 8.77 Å². The molecule has 0 saturated heterocycles. The number of hydrogen-bond donors (Lipinski definition) is 0. The lowest BCUT2D eigenvalue weighted by Crippen LogP contribution is -1.79. The van der Waals surface area contributed by atoms with Gasteiger partial charge in [0.15, 0.2) is 5.69 Å². The van der Waals surface area contributed by atoms with Crippen molar-refractivity contribution in [3.8, 4) is 11.1 Å². The molecule has 2 aromatic heterocycles. The fraction of sp³-hybridized carbons (Fsp3) is 0. The minimum atomic E-state index is 0.670. The van der Waals surface area contributed by atoms with Gasteiger partial charge < -0.3 is 4.40 Å². The second-order valence-electron chi connectivity index (χ2n) is 4.04. The van der Waals surface area contributed by atoms with Gasteiger partial charge in [0, 0.05) is 22.4 Å². The minimum absolute atomic E-state index is 0.670.